The second-order valence-corrected chi connectivity index (χ2v) is 10.0. The molecule has 31 heavy (non-hydrogen) atoms. The first-order valence-corrected chi connectivity index (χ1v) is 14.4. The maximum Gasteiger partial charge on any atom is 1.00 e. The molecule has 0 bridgehead atoms. The zero-order chi connectivity index (χ0) is 22.3. The van der Waals surface area contributed by atoms with Gasteiger partial charge in [-0.1, -0.05) is 136 Å². The van der Waals surface area contributed by atoms with Gasteiger partial charge in [0.05, 0.1) is 6.10 Å². The number of hydrogen-bond acceptors (Lipinski definition) is 3. The standard InChI is InChI=1S/C24H51O5P.Na.H/c1-3-5-7-9-10-11-12-13-14-15-16-17-18-19-21-23-24(22-20-8-6-4-2)28-29-30(25,26)27;;/h24H,3-23H2,1-2H3,(H2,25,26,27);;/q;+1;-1. The predicted octanol–water partition coefficient (Wildman–Crippen LogP) is 5.74. The Morgan fingerprint density at radius 1 is 0.613 bits per heavy atom. The molecule has 0 aliphatic carbocycles. The number of phosphoric acid groups is 1. The molecule has 0 amide bonds. The van der Waals surface area contributed by atoms with Crippen LogP contribution >= 0.6 is 7.82 Å². The monoisotopic (exact) mass is 474 g/mol. The van der Waals surface area contributed by atoms with Gasteiger partial charge in [-0.25, -0.2) is 9.45 Å². The summed E-state index contributed by atoms with van der Waals surface area (Å²) in [5, 5.41) is 0. The van der Waals surface area contributed by atoms with Crippen molar-refractivity contribution in [1.82, 2.24) is 0 Å². The van der Waals surface area contributed by atoms with E-state index in [1.807, 2.05) is 0 Å². The molecule has 0 heterocycles. The zero-order valence-electron chi connectivity index (χ0n) is 22.0. The summed E-state index contributed by atoms with van der Waals surface area (Å²) in [6, 6.07) is 0. The van der Waals surface area contributed by atoms with Crippen LogP contribution in [0.25, 0.3) is 0 Å². The van der Waals surface area contributed by atoms with E-state index < -0.39 is 7.82 Å². The summed E-state index contributed by atoms with van der Waals surface area (Å²) < 4.78 is 15.2. The van der Waals surface area contributed by atoms with Crippen LogP contribution in [0.15, 0.2) is 0 Å². The summed E-state index contributed by atoms with van der Waals surface area (Å²) in [6.45, 7) is 4.44. The van der Waals surface area contributed by atoms with E-state index in [0.717, 1.165) is 38.5 Å². The summed E-state index contributed by atoms with van der Waals surface area (Å²) in [4.78, 5) is 22.7. The van der Waals surface area contributed by atoms with Gasteiger partial charge in [-0.05, 0) is 12.8 Å². The molecule has 0 radical (unpaired) electrons. The first kappa shape index (κ1) is 34.2. The fourth-order valence-corrected chi connectivity index (χ4v) is 4.13. The van der Waals surface area contributed by atoms with Crippen molar-refractivity contribution >= 4 is 7.82 Å². The third-order valence-electron chi connectivity index (χ3n) is 5.79. The van der Waals surface area contributed by atoms with E-state index in [1.54, 1.807) is 0 Å². The Balaban J connectivity index is -0.00000420. The van der Waals surface area contributed by atoms with Gasteiger partial charge in [-0.3, -0.25) is 0 Å². The molecule has 184 valence electrons. The molecular weight excluding hydrogens is 422 g/mol. The average Bonchev–Trinajstić information content (AvgIpc) is 2.70. The van der Waals surface area contributed by atoms with E-state index in [0.29, 0.717) is 0 Å². The van der Waals surface area contributed by atoms with Crippen molar-refractivity contribution < 1.29 is 54.9 Å². The summed E-state index contributed by atoms with van der Waals surface area (Å²) in [5.41, 5.74) is 0. The second-order valence-electron chi connectivity index (χ2n) is 8.87. The Hall–Kier alpha value is 1.07. The van der Waals surface area contributed by atoms with Crippen molar-refractivity contribution in [2.75, 3.05) is 0 Å². The van der Waals surface area contributed by atoms with Gasteiger partial charge < -0.3 is 11.2 Å². The fraction of sp³-hybridized carbons (Fsp3) is 1.00. The predicted molar refractivity (Wildman–Crippen MR) is 127 cm³/mol. The largest absolute Gasteiger partial charge is 1.00 e. The van der Waals surface area contributed by atoms with Crippen LogP contribution in [-0.2, 0) is 14.1 Å². The van der Waals surface area contributed by atoms with Crippen molar-refractivity contribution in [3.05, 3.63) is 0 Å². The van der Waals surface area contributed by atoms with Gasteiger partial charge in [0, 0.05) is 0 Å². The van der Waals surface area contributed by atoms with Crippen LogP contribution in [0, 0.1) is 0 Å². The van der Waals surface area contributed by atoms with E-state index in [9.17, 15) is 4.57 Å². The third kappa shape index (κ3) is 29.0. The van der Waals surface area contributed by atoms with Crippen LogP contribution in [0.5, 0.6) is 0 Å². The van der Waals surface area contributed by atoms with Gasteiger partial charge in [0.25, 0.3) is 0 Å². The number of hydrogen-bond donors (Lipinski definition) is 2. The Labute approximate surface area is 216 Å². The minimum absolute atomic E-state index is 0. The molecule has 0 aliphatic rings. The maximum absolute atomic E-state index is 10.9. The summed E-state index contributed by atoms with van der Waals surface area (Å²) in [6.07, 6.45) is 25.9. The average molecular weight is 475 g/mol. The molecule has 0 aromatic rings. The van der Waals surface area contributed by atoms with Gasteiger partial charge in [0.2, 0.25) is 0 Å². The van der Waals surface area contributed by atoms with E-state index >= 15 is 0 Å². The van der Waals surface area contributed by atoms with Crippen molar-refractivity contribution in [2.45, 2.75) is 155 Å². The van der Waals surface area contributed by atoms with Gasteiger partial charge >= 0.3 is 37.4 Å². The summed E-state index contributed by atoms with van der Waals surface area (Å²) in [7, 11) is -4.56. The molecule has 2 N–H and O–H groups in total. The number of rotatable bonds is 24. The van der Waals surface area contributed by atoms with Crippen molar-refractivity contribution in [3.63, 3.8) is 0 Å². The maximum atomic E-state index is 10.9. The van der Waals surface area contributed by atoms with Crippen molar-refractivity contribution in [2.24, 2.45) is 0 Å². The molecule has 7 heteroatoms. The molecule has 0 aromatic carbocycles. The Bertz CT molecular complexity index is 399. The normalized spacial score (nSPS) is 12.6. The van der Waals surface area contributed by atoms with E-state index in [-0.39, 0.29) is 37.1 Å². The Morgan fingerprint density at radius 2 is 0.903 bits per heavy atom. The third-order valence-corrected chi connectivity index (χ3v) is 6.07. The van der Waals surface area contributed by atoms with Crippen molar-refractivity contribution in [3.8, 4) is 0 Å². The van der Waals surface area contributed by atoms with Crippen LogP contribution in [0.3, 0.4) is 0 Å². The Kier molecular flexibility index (Phi) is 28.4. The van der Waals surface area contributed by atoms with Gasteiger partial charge in [0.1, 0.15) is 0 Å². The fourth-order valence-electron chi connectivity index (χ4n) is 3.90. The zero-order valence-corrected chi connectivity index (χ0v) is 23.9. The molecule has 0 saturated heterocycles. The molecule has 0 aromatic heterocycles. The van der Waals surface area contributed by atoms with E-state index in [4.69, 9.17) is 14.7 Å². The summed E-state index contributed by atoms with van der Waals surface area (Å²) >= 11 is 0. The van der Waals surface area contributed by atoms with Crippen LogP contribution in [0.2, 0.25) is 0 Å². The number of unbranched alkanes of at least 4 members (excludes halogenated alkanes) is 17. The molecule has 1 unspecified atom stereocenters. The van der Waals surface area contributed by atoms with Gasteiger partial charge in [-0.15, -0.1) is 4.67 Å². The van der Waals surface area contributed by atoms with Gasteiger partial charge in [0.15, 0.2) is 0 Å². The van der Waals surface area contributed by atoms with Crippen LogP contribution < -0.4 is 29.6 Å². The Morgan fingerprint density at radius 3 is 1.23 bits per heavy atom. The van der Waals surface area contributed by atoms with E-state index in [1.165, 1.54) is 96.3 Å². The SMILES string of the molecule is CCCCCCCCCCCCCCCCCC(CCCCCC)OOP(=O)(O)O.[H-].[Na+]. The van der Waals surface area contributed by atoms with Crippen LogP contribution in [0.1, 0.15) is 150 Å². The topological polar surface area (TPSA) is 76.0 Å². The second kappa shape index (κ2) is 25.7. The minimum atomic E-state index is -4.56. The molecule has 0 rings (SSSR count). The van der Waals surface area contributed by atoms with Crippen LogP contribution in [0.4, 0.5) is 0 Å². The first-order valence-electron chi connectivity index (χ1n) is 12.9. The minimum Gasteiger partial charge on any atom is -1.00 e. The molecule has 0 fully saturated rings. The van der Waals surface area contributed by atoms with Gasteiger partial charge in [-0.2, -0.15) is 0 Å². The molecular formula is C24H52NaO5P. The molecule has 0 spiro atoms. The quantitative estimate of drug-likeness (QED) is 0.0613. The molecule has 5 nitrogen and oxygen atoms in total. The van der Waals surface area contributed by atoms with Crippen molar-refractivity contribution in [1.29, 1.82) is 0 Å². The molecule has 0 aliphatic heterocycles. The van der Waals surface area contributed by atoms with Crippen LogP contribution in [-0.4, -0.2) is 15.9 Å². The summed E-state index contributed by atoms with van der Waals surface area (Å²) in [5.74, 6) is 0. The smallest absolute Gasteiger partial charge is 1.00 e. The molecule has 0 saturated carbocycles. The first-order chi connectivity index (χ1) is 14.5. The van der Waals surface area contributed by atoms with E-state index in [2.05, 4.69) is 18.5 Å². The molecule has 1 atom stereocenters.